The standard InChI is InChI=1S/C15H26N2O/c1-6-16-15(2,3)12-17(4)11-13-9-7-8-10-14(13)18-5/h7-10,16H,6,11-12H2,1-5H3. The van der Waals surface area contributed by atoms with Crippen LogP contribution in [0.25, 0.3) is 0 Å². The van der Waals surface area contributed by atoms with E-state index in [1.54, 1.807) is 7.11 Å². The molecule has 0 radical (unpaired) electrons. The maximum Gasteiger partial charge on any atom is 0.123 e. The lowest BCUT2D eigenvalue weighted by Gasteiger charge is -2.31. The van der Waals surface area contributed by atoms with Crippen LogP contribution in [0.3, 0.4) is 0 Å². The molecule has 0 heterocycles. The number of hydrogen-bond acceptors (Lipinski definition) is 3. The molecule has 1 rings (SSSR count). The third-order valence-electron chi connectivity index (χ3n) is 2.95. The van der Waals surface area contributed by atoms with Crippen LogP contribution in [0.4, 0.5) is 0 Å². The number of rotatable bonds is 7. The Kier molecular flexibility index (Phi) is 5.63. The van der Waals surface area contributed by atoms with Crippen molar-refractivity contribution in [1.82, 2.24) is 10.2 Å². The van der Waals surface area contributed by atoms with E-state index in [0.29, 0.717) is 0 Å². The highest BCUT2D eigenvalue weighted by Crippen LogP contribution is 2.19. The van der Waals surface area contributed by atoms with Gasteiger partial charge in [-0.1, -0.05) is 25.1 Å². The SMILES string of the molecule is CCNC(C)(C)CN(C)Cc1ccccc1OC. The molecule has 1 aromatic carbocycles. The summed E-state index contributed by atoms with van der Waals surface area (Å²) < 4.78 is 5.38. The number of hydrogen-bond donors (Lipinski definition) is 1. The first-order valence-corrected chi connectivity index (χ1v) is 6.54. The number of nitrogens with one attached hydrogen (secondary N) is 1. The van der Waals surface area contributed by atoms with Crippen molar-refractivity contribution in [2.75, 3.05) is 27.2 Å². The number of likely N-dealkylation sites (N-methyl/N-ethyl adjacent to an activating group) is 2. The lowest BCUT2D eigenvalue weighted by Crippen LogP contribution is -2.47. The van der Waals surface area contributed by atoms with Gasteiger partial charge >= 0.3 is 0 Å². The molecule has 0 amide bonds. The van der Waals surface area contributed by atoms with Crippen LogP contribution in [0.5, 0.6) is 5.75 Å². The number of benzene rings is 1. The highest BCUT2D eigenvalue weighted by atomic mass is 16.5. The monoisotopic (exact) mass is 250 g/mol. The molecule has 0 saturated carbocycles. The quantitative estimate of drug-likeness (QED) is 0.805. The highest BCUT2D eigenvalue weighted by molar-refractivity contribution is 5.33. The van der Waals surface area contributed by atoms with Crippen molar-refractivity contribution in [2.24, 2.45) is 0 Å². The van der Waals surface area contributed by atoms with Crippen LogP contribution in [-0.2, 0) is 6.54 Å². The molecule has 0 aliphatic heterocycles. The molecule has 0 fully saturated rings. The molecule has 0 aliphatic rings. The van der Waals surface area contributed by atoms with Gasteiger partial charge in [-0.2, -0.15) is 0 Å². The minimum absolute atomic E-state index is 0.130. The van der Waals surface area contributed by atoms with E-state index in [1.807, 2.05) is 12.1 Å². The Morgan fingerprint density at radius 3 is 2.56 bits per heavy atom. The summed E-state index contributed by atoms with van der Waals surface area (Å²) in [6.45, 7) is 9.50. The van der Waals surface area contributed by atoms with Crippen LogP contribution in [-0.4, -0.2) is 37.7 Å². The number of nitrogens with zero attached hydrogens (tertiary/aromatic N) is 1. The summed E-state index contributed by atoms with van der Waals surface area (Å²) in [5.74, 6) is 0.964. The molecular formula is C15H26N2O. The van der Waals surface area contributed by atoms with Crippen LogP contribution in [0.2, 0.25) is 0 Å². The summed E-state index contributed by atoms with van der Waals surface area (Å²) in [7, 11) is 3.87. The fraction of sp³-hybridized carbons (Fsp3) is 0.600. The summed E-state index contributed by atoms with van der Waals surface area (Å²) >= 11 is 0. The van der Waals surface area contributed by atoms with Gasteiger partial charge in [0.2, 0.25) is 0 Å². The van der Waals surface area contributed by atoms with E-state index in [9.17, 15) is 0 Å². The zero-order valence-corrected chi connectivity index (χ0v) is 12.3. The van der Waals surface area contributed by atoms with Gasteiger partial charge in [-0.05, 0) is 33.5 Å². The molecule has 0 bridgehead atoms. The molecular weight excluding hydrogens is 224 g/mol. The van der Waals surface area contributed by atoms with Gasteiger partial charge in [-0.3, -0.25) is 0 Å². The van der Waals surface area contributed by atoms with Gasteiger partial charge < -0.3 is 15.0 Å². The normalized spacial score (nSPS) is 11.9. The molecule has 0 atom stereocenters. The first-order valence-electron chi connectivity index (χ1n) is 6.54. The molecule has 0 aliphatic carbocycles. The number of ether oxygens (including phenoxy) is 1. The van der Waals surface area contributed by atoms with E-state index in [-0.39, 0.29) is 5.54 Å². The van der Waals surface area contributed by atoms with Crippen LogP contribution >= 0.6 is 0 Å². The Morgan fingerprint density at radius 1 is 1.28 bits per heavy atom. The molecule has 18 heavy (non-hydrogen) atoms. The van der Waals surface area contributed by atoms with Gasteiger partial charge in [0, 0.05) is 24.2 Å². The Balaban J connectivity index is 2.61. The summed E-state index contributed by atoms with van der Waals surface area (Å²) in [4.78, 5) is 2.32. The van der Waals surface area contributed by atoms with E-state index < -0.39 is 0 Å². The van der Waals surface area contributed by atoms with Crippen molar-refractivity contribution in [1.29, 1.82) is 0 Å². The molecule has 0 saturated heterocycles. The van der Waals surface area contributed by atoms with E-state index in [2.05, 4.69) is 50.2 Å². The van der Waals surface area contributed by atoms with Crippen molar-refractivity contribution in [2.45, 2.75) is 32.9 Å². The Morgan fingerprint density at radius 2 is 1.94 bits per heavy atom. The summed E-state index contributed by atoms with van der Waals surface area (Å²) in [6.07, 6.45) is 0. The van der Waals surface area contributed by atoms with Crippen LogP contribution in [0.1, 0.15) is 26.3 Å². The predicted octanol–water partition coefficient (Wildman–Crippen LogP) is 2.52. The second-order valence-corrected chi connectivity index (χ2v) is 5.40. The van der Waals surface area contributed by atoms with Crippen molar-refractivity contribution < 1.29 is 4.74 Å². The minimum atomic E-state index is 0.130. The molecule has 102 valence electrons. The van der Waals surface area contributed by atoms with Crippen LogP contribution < -0.4 is 10.1 Å². The molecule has 1 aromatic rings. The lowest BCUT2D eigenvalue weighted by atomic mass is 10.0. The number of methoxy groups -OCH3 is 1. The zero-order chi connectivity index (χ0) is 13.6. The fourth-order valence-corrected chi connectivity index (χ4v) is 2.39. The second-order valence-electron chi connectivity index (χ2n) is 5.40. The van der Waals surface area contributed by atoms with E-state index >= 15 is 0 Å². The predicted molar refractivity (Wildman–Crippen MR) is 77.1 cm³/mol. The lowest BCUT2D eigenvalue weighted by molar-refractivity contribution is 0.229. The van der Waals surface area contributed by atoms with E-state index in [1.165, 1.54) is 5.56 Å². The van der Waals surface area contributed by atoms with Crippen molar-refractivity contribution in [3.63, 3.8) is 0 Å². The van der Waals surface area contributed by atoms with E-state index in [0.717, 1.165) is 25.4 Å². The Hall–Kier alpha value is -1.06. The molecule has 0 unspecified atom stereocenters. The van der Waals surface area contributed by atoms with Gasteiger partial charge in [0.15, 0.2) is 0 Å². The highest BCUT2D eigenvalue weighted by Gasteiger charge is 2.18. The van der Waals surface area contributed by atoms with Crippen LogP contribution in [0.15, 0.2) is 24.3 Å². The molecule has 3 heteroatoms. The largest absolute Gasteiger partial charge is 0.496 e. The molecule has 0 spiro atoms. The summed E-state index contributed by atoms with van der Waals surface area (Å²) in [5, 5.41) is 3.49. The smallest absolute Gasteiger partial charge is 0.123 e. The molecule has 0 aromatic heterocycles. The summed E-state index contributed by atoms with van der Waals surface area (Å²) in [6, 6.07) is 8.19. The maximum atomic E-state index is 5.38. The average molecular weight is 250 g/mol. The van der Waals surface area contributed by atoms with Gasteiger partial charge in [0.1, 0.15) is 5.75 Å². The summed E-state index contributed by atoms with van der Waals surface area (Å²) in [5.41, 5.74) is 1.36. The topological polar surface area (TPSA) is 24.5 Å². The zero-order valence-electron chi connectivity index (χ0n) is 12.3. The second kappa shape index (κ2) is 6.76. The maximum absolute atomic E-state index is 5.38. The Labute approximate surface area is 111 Å². The van der Waals surface area contributed by atoms with Gasteiger partial charge in [0.05, 0.1) is 7.11 Å². The third kappa shape index (κ3) is 4.67. The van der Waals surface area contributed by atoms with Gasteiger partial charge in [0.25, 0.3) is 0 Å². The van der Waals surface area contributed by atoms with E-state index in [4.69, 9.17) is 4.74 Å². The average Bonchev–Trinajstić information content (AvgIpc) is 2.28. The molecule has 3 nitrogen and oxygen atoms in total. The van der Waals surface area contributed by atoms with Gasteiger partial charge in [-0.15, -0.1) is 0 Å². The Bertz CT molecular complexity index is 363. The fourth-order valence-electron chi connectivity index (χ4n) is 2.39. The number of para-hydroxylation sites is 1. The first-order chi connectivity index (χ1) is 8.48. The van der Waals surface area contributed by atoms with Gasteiger partial charge in [-0.25, -0.2) is 0 Å². The first kappa shape index (κ1) is 15.0. The third-order valence-corrected chi connectivity index (χ3v) is 2.95. The minimum Gasteiger partial charge on any atom is -0.496 e. The van der Waals surface area contributed by atoms with Crippen molar-refractivity contribution >= 4 is 0 Å². The molecule has 1 N–H and O–H groups in total. The van der Waals surface area contributed by atoms with Crippen LogP contribution in [0, 0.1) is 0 Å². The van der Waals surface area contributed by atoms with Crippen molar-refractivity contribution in [3.8, 4) is 5.75 Å². The van der Waals surface area contributed by atoms with Crippen molar-refractivity contribution in [3.05, 3.63) is 29.8 Å².